The fourth-order valence-corrected chi connectivity index (χ4v) is 4.66. The van der Waals surface area contributed by atoms with Crippen LogP contribution in [0.1, 0.15) is 39.2 Å². The van der Waals surface area contributed by atoms with Gasteiger partial charge in [0.05, 0.1) is 11.4 Å². The summed E-state index contributed by atoms with van der Waals surface area (Å²) in [5, 5.41) is 3.37. The van der Waals surface area contributed by atoms with E-state index in [-0.39, 0.29) is 0 Å². The number of nitrogens with zero attached hydrogens (tertiary/aromatic N) is 3. The fraction of sp³-hybridized carbons (Fsp3) is 0.650. The Morgan fingerprint density at radius 1 is 1.33 bits per heavy atom. The highest BCUT2D eigenvalue weighted by Gasteiger charge is 2.26. The van der Waals surface area contributed by atoms with Crippen molar-refractivity contribution in [3.63, 3.8) is 0 Å². The van der Waals surface area contributed by atoms with Gasteiger partial charge in [-0.1, -0.05) is 32.0 Å². The molecule has 0 aromatic heterocycles. The van der Waals surface area contributed by atoms with Gasteiger partial charge in [0, 0.05) is 33.7 Å². The first-order chi connectivity index (χ1) is 12.8. The average Bonchev–Trinajstić information content (AvgIpc) is 3.06. The molecule has 1 heterocycles. The Morgan fingerprint density at radius 2 is 2.04 bits per heavy atom. The molecule has 0 aliphatic carbocycles. The van der Waals surface area contributed by atoms with Crippen molar-refractivity contribution in [3.8, 4) is 0 Å². The van der Waals surface area contributed by atoms with Crippen LogP contribution in [0, 0.1) is 11.8 Å². The number of hydrogen-bond acceptors (Lipinski definition) is 3. The molecule has 0 bridgehead atoms. The number of aliphatic imine (C=N–C) groups is 1. The van der Waals surface area contributed by atoms with Crippen LogP contribution in [0.2, 0.25) is 0 Å². The molecule has 1 unspecified atom stereocenters. The lowest BCUT2D eigenvalue weighted by Crippen LogP contribution is -2.40. The lowest BCUT2D eigenvalue weighted by molar-refractivity contribution is 0.403. The van der Waals surface area contributed by atoms with Crippen molar-refractivity contribution in [2.24, 2.45) is 16.8 Å². The summed E-state index contributed by atoms with van der Waals surface area (Å²) in [6, 6.07) is 7.11. The maximum Gasteiger partial charge on any atom is 0.242 e. The summed E-state index contributed by atoms with van der Waals surface area (Å²) in [5.74, 6) is 2.29. The van der Waals surface area contributed by atoms with Crippen LogP contribution in [0.3, 0.4) is 0 Å². The van der Waals surface area contributed by atoms with Gasteiger partial charge in [-0.2, -0.15) is 0 Å². The molecule has 27 heavy (non-hydrogen) atoms. The maximum atomic E-state index is 12.6. The zero-order valence-electron chi connectivity index (χ0n) is 17.3. The molecule has 2 rings (SSSR count). The summed E-state index contributed by atoms with van der Waals surface area (Å²) < 4.78 is 26.4. The number of hydrogen-bond donors (Lipinski definition) is 1. The zero-order valence-corrected chi connectivity index (χ0v) is 18.1. The van der Waals surface area contributed by atoms with Crippen molar-refractivity contribution in [3.05, 3.63) is 29.8 Å². The second-order valence-corrected chi connectivity index (χ2v) is 9.92. The highest BCUT2D eigenvalue weighted by molar-refractivity contribution is 7.89. The number of rotatable bonds is 7. The van der Waals surface area contributed by atoms with E-state index in [0.29, 0.717) is 23.3 Å². The van der Waals surface area contributed by atoms with Crippen molar-refractivity contribution >= 4 is 16.0 Å². The number of sulfonamides is 1. The molecule has 1 aromatic carbocycles. The highest BCUT2D eigenvalue weighted by Crippen LogP contribution is 2.24. The van der Waals surface area contributed by atoms with Gasteiger partial charge in [-0.25, -0.2) is 17.7 Å². The van der Waals surface area contributed by atoms with Gasteiger partial charge in [0.2, 0.25) is 10.0 Å². The van der Waals surface area contributed by atoms with Crippen LogP contribution in [-0.4, -0.2) is 57.3 Å². The van der Waals surface area contributed by atoms with Crippen molar-refractivity contribution in [1.82, 2.24) is 14.5 Å². The first-order valence-corrected chi connectivity index (χ1v) is 11.2. The summed E-state index contributed by atoms with van der Waals surface area (Å²) in [7, 11) is -0.371. The van der Waals surface area contributed by atoms with Gasteiger partial charge in [0.25, 0.3) is 0 Å². The van der Waals surface area contributed by atoms with Gasteiger partial charge in [-0.3, -0.25) is 0 Å². The quantitative estimate of drug-likeness (QED) is 0.570. The van der Waals surface area contributed by atoms with E-state index in [4.69, 9.17) is 4.99 Å². The highest BCUT2D eigenvalue weighted by atomic mass is 32.2. The molecule has 1 atom stereocenters. The lowest BCUT2D eigenvalue weighted by atomic mass is 9.97. The Hall–Kier alpha value is -1.60. The molecule has 1 aromatic rings. The van der Waals surface area contributed by atoms with Crippen LogP contribution in [0.15, 0.2) is 34.2 Å². The number of likely N-dealkylation sites (tertiary alicyclic amines) is 1. The molecular weight excluding hydrogens is 360 g/mol. The minimum Gasteiger partial charge on any atom is -0.357 e. The van der Waals surface area contributed by atoms with Crippen LogP contribution < -0.4 is 5.32 Å². The lowest BCUT2D eigenvalue weighted by Gasteiger charge is -2.22. The second-order valence-electron chi connectivity index (χ2n) is 7.80. The van der Waals surface area contributed by atoms with Crippen LogP contribution in [0.25, 0.3) is 0 Å². The molecule has 152 valence electrons. The van der Waals surface area contributed by atoms with Crippen molar-refractivity contribution in [1.29, 1.82) is 0 Å². The molecule has 0 amide bonds. The predicted molar refractivity (Wildman–Crippen MR) is 111 cm³/mol. The largest absolute Gasteiger partial charge is 0.357 e. The van der Waals surface area contributed by atoms with Crippen LogP contribution in [0.5, 0.6) is 0 Å². The van der Waals surface area contributed by atoms with Crippen LogP contribution >= 0.6 is 0 Å². The number of guanidine groups is 1. The van der Waals surface area contributed by atoms with Gasteiger partial charge in [0.1, 0.15) is 0 Å². The smallest absolute Gasteiger partial charge is 0.242 e. The SMILES string of the molecule is CCNC(=NCc1ccccc1S(=O)(=O)N(C)C)N1CCC(CC(C)C)C1. The van der Waals surface area contributed by atoms with Gasteiger partial charge in [0.15, 0.2) is 5.96 Å². The summed E-state index contributed by atoms with van der Waals surface area (Å²) in [5.41, 5.74) is 0.722. The third kappa shape index (κ3) is 5.69. The average molecular weight is 395 g/mol. The molecule has 7 heteroatoms. The predicted octanol–water partition coefficient (Wildman–Crippen LogP) is 2.77. The monoisotopic (exact) mass is 394 g/mol. The fourth-order valence-electron chi connectivity index (χ4n) is 3.55. The van der Waals surface area contributed by atoms with E-state index in [0.717, 1.165) is 31.2 Å². The standard InChI is InChI=1S/C20H34N4O2S/c1-6-21-20(24-12-11-17(15-24)13-16(2)3)22-14-18-9-7-8-10-19(18)27(25,26)23(4)5/h7-10,16-17H,6,11-15H2,1-5H3,(H,21,22). The molecule has 1 fully saturated rings. The van der Waals surface area contributed by atoms with Crippen molar-refractivity contribution in [2.45, 2.75) is 45.1 Å². The molecule has 1 aliphatic rings. The van der Waals surface area contributed by atoms with Gasteiger partial charge < -0.3 is 10.2 Å². The Kier molecular flexibility index (Phi) is 7.68. The normalized spacial score (nSPS) is 18.6. The first kappa shape index (κ1) is 21.7. The summed E-state index contributed by atoms with van der Waals surface area (Å²) in [6.07, 6.45) is 2.42. The second kappa shape index (κ2) is 9.55. The van der Waals surface area contributed by atoms with E-state index in [1.54, 1.807) is 26.2 Å². The summed E-state index contributed by atoms with van der Waals surface area (Å²) in [4.78, 5) is 7.39. The van der Waals surface area contributed by atoms with E-state index in [2.05, 4.69) is 31.0 Å². The third-order valence-electron chi connectivity index (χ3n) is 4.86. The summed E-state index contributed by atoms with van der Waals surface area (Å²) in [6.45, 7) is 9.75. The minimum atomic E-state index is -3.48. The van der Waals surface area contributed by atoms with Crippen LogP contribution in [0.4, 0.5) is 0 Å². The topological polar surface area (TPSA) is 65.0 Å². The zero-order chi connectivity index (χ0) is 20.0. The number of nitrogens with one attached hydrogen (secondary N) is 1. The Labute approximate surface area is 164 Å². The molecule has 1 aliphatic heterocycles. The van der Waals surface area contributed by atoms with Gasteiger partial charge in [-0.05, 0) is 43.2 Å². The minimum absolute atomic E-state index is 0.328. The Balaban J connectivity index is 2.19. The third-order valence-corrected chi connectivity index (χ3v) is 6.77. The van der Waals surface area contributed by atoms with E-state index < -0.39 is 10.0 Å². The van der Waals surface area contributed by atoms with E-state index in [9.17, 15) is 8.42 Å². The van der Waals surface area contributed by atoms with Crippen LogP contribution in [-0.2, 0) is 16.6 Å². The Bertz CT molecular complexity index is 744. The molecule has 0 spiro atoms. The first-order valence-electron chi connectivity index (χ1n) is 9.79. The van der Waals surface area contributed by atoms with E-state index >= 15 is 0 Å². The Morgan fingerprint density at radius 3 is 2.67 bits per heavy atom. The maximum absolute atomic E-state index is 12.6. The van der Waals surface area contributed by atoms with Gasteiger partial charge in [-0.15, -0.1) is 0 Å². The molecule has 1 saturated heterocycles. The molecule has 6 nitrogen and oxygen atoms in total. The van der Waals surface area contributed by atoms with Crippen molar-refractivity contribution < 1.29 is 8.42 Å². The molecule has 0 radical (unpaired) electrons. The molecule has 1 N–H and O–H groups in total. The molecule has 0 saturated carbocycles. The number of benzene rings is 1. The van der Waals surface area contributed by atoms with Gasteiger partial charge >= 0.3 is 0 Å². The molecular formula is C20H34N4O2S. The van der Waals surface area contributed by atoms with E-state index in [1.165, 1.54) is 17.1 Å². The van der Waals surface area contributed by atoms with Crippen molar-refractivity contribution in [2.75, 3.05) is 33.7 Å². The summed E-state index contributed by atoms with van der Waals surface area (Å²) >= 11 is 0. The van der Waals surface area contributed by atoms with E-state index in [1.807, 2.05) is 12.1 Å².